The van der Waals surface area contributed by atoms with Crippen LogP contribution in [0.5, 0.6) is 17.4 Å². The molecule has 4 heterocycles. The number of hydrogen-bond acceptors (Lipinski definition) is 6. The number of rotatable bonds is 5. The van der Waals surface area contributed by atoms with Crippen LogP contribution in [0.4, 0.5) is 8.78 Å². The number of nitrogens with one attached hydrogen (secondary N) is 1. The number of likely N-dealkylation sites (N-methyl/N-ethyl adjacent to an activating group) is 1. The van der Waals surface area contributed by atoms with Crippen molar-refractivity contribution in [2.24, 2.45) is 4.99 Å². The summed E-state index contributed by atoms with van der Waals surface area (Å²) in [6.07, 6.45) is 4.60. The third-order valence-corrected chi connectivity index (χ3v) is 6.22. The predicted molar refractivity (Wildman–Crippen MR) is 134 cm³/mol. The lowest BCUT2D eigenvalue weighted by molar-refractivity contribution is -0.287. The molecule has 1 aromatic carbocycles. The molecule has 2 aromatic heterocycles. The Morgan fingerprint density at radius 3 is 2.86 bits per heavy atom. The van der Waals surface area contributed by atoms with E-state index in [0.717, 1.165) is 24.3 Å². The van der Waals surface area contributed by atoms with Crippen molar-refractivity contribution in [3.8, 4) is 23.1 Å². The van der Waals surface area contributed by atoms with Crippen LogP contribution in [0.1, 0.15) is 35.7 Å². The van der Waals surface area contributed by atoms with E-state index in [1.807, 2.05) is 41.8 Å². The van der Waals surface area contributed by atoms with Gasteiger partial charge in [-0.05, 0) is 50.1 Å². The third kappa shape index (κ3) is 5.02. The van der Waals surface area contributed by atoms with Gasteiger partial charge >= 0.3 is 6.29 Å². The maximum atomic E-state index is 13.8. The topological polar surface area (TPSA) is 97.9 Å². The molecule has 192 valence electrons. The predicted octanol–water partition coefficient (Wildman–Crippen LogP) is 4.80. The molecule has 3 aromatic rings. The van der Waals surface area contributed by atoms with Crippen molar-refractivity contribution >= 4 is 17.7 Å². The van der Waals surface area contributed by atoms with E-state index in [-0.39, 0.29) is 23.3 Å². The van der Waals surface area contributed by atoms with Crippen molar-refractivity contribution in [3.63, 3.8) is 0 Å². The Bertz CT molecular complexity index is 1400. The van der Waals surface area contributed by atoms with E-state index in [4.69, 9.17) is 14.9 Å². The number of imidazole rings is 1. The minimum Gasteiger partial charge on any atom is -0.479 e. The number of aryl methyl sites for hydroxylation is 1. The van der Waals surface area contributed by atoms with Gasteiger partial charge in [-0.2, -0.15) is 0 Å². The Morgan fingerprint density at radius 1 is 1.27 bits per heavy atom. The molecule has 37 heavy (non-hydrogen) atoms. The molecule has 1 N–H and O–H groups in total. The van der Waals surface area contributed by atoms with Crippen LogP contribution >= 0.6 is 0 Å². The minimum atomic E-state index is -3.70. The first kappa shape index (κ1) is 24.4. The van der Waals surface area contributed by atoms with Crippen molar-refractivity contribution in [1.82, 2.24) is 19.4 Å². The maximum Gasteiger partial charge on any atom is 0.586 e. The van der Waals surface area contributed by atoms with Crippen LogP contribution < -0.4 is 14.2 Å². The standard InChI is InChI=1S/C26H26F2N6O3/c1-16-14-34(15-30-16)20-11-9-17(31-25(20)35-3)10-12-22(29)32-24-19(7-5-13-33(24)2)18-6-4-8-21-23(18)37-26(27,28)36-21/h4,6,8-12,14-15,19,29H,5,7,13H2,1-3H3/b12-10+,29-22?,32-24-/t19-/m1/s1. The van der Waals surface area contributed by atoms with Crippen molar-refractivity contribution < 1.29 is 23.0 Å². The lowest BCUT2D eigenvalue weighted by Crippen LogP contribution is -2.38. The van der Waals surface area contributed by atoms with Gasteiger partial charge in [-0.3, -0.25) is 5.41 Å². The first-order valence-electron chi connectivity index (χ1n) is 11.7. The Labute approximate surface area is 212 Å². The molecule has 1 atom stereocenters. The molecule has 1 saturated heterocycles. The third-order valence-electron chi connectivity index (χ3n) is 6.22. The average Bonchev–Trinajstić information content (AvgIpc) is 3.44. The zero-order chi connectivity index (χ0) is 26.2. The number of likely N-dealkylation sites (tertiary alicyclic amines) is 1. The van der Waals surface area contributed by atoms with Crippen LogP contribution in [0.25, 0.3) is 11.8 Å². The van der Waals surface area contributed by atoms with Crippen LogP contribution in [-0.2, 0) is 0 Å². The number of benzene rings is 1. The number of piperidine rings is 1. The molecule has 2 aliphatic heterocycles. The van der Waals surface area contributed by atoms with Gasteiger partial charge in [0.2, 0.25) is 5.88 Å². The van der Waals surface area contributed by atoms with Gasteiger partial charge < -0.3 is 23.7 Å². The second-order valence-electron chi connectivity index (χ2n) is 8.83. The molecular formula is C26H26F2N6O3. The molecule has 1 fully saturated rings. The molecule has 2 aliphatic rings. The van der Waals surface area contributed by atoms with Crippen LogP contribution in [-0.4, -0.2) is 58.1 Å². The Morgan fingerprint density at radius 2 is 2.11 bits per heavy atom. The van der Waals surface area contributed by atoms with Crippen molar-refractivity contribution in [1.29, 1.82) is 5.41 Å². The molecule has 0 spiro atoms. The molecule has 9 nitrogen and oxygen atoms in total. The zero-order valence-electron chi connectivity index (χ0n) is 20.6. The minimum absolute atomic E-state index is 0.000582. The van der Waals surface area contributed by atoms with Crippen LogP contribution in [0.2, 0.25) is 0 Å². The first-order chi connectivity index (χ1) is 17.7. The molecule has 5 rings (SSSR count). The fourth-order valence-electron chi connectivity index (χ4n) is 4.53. The second kappa shape index (κ2) is 9.64. The largest absolute Gasteiger partial charge is 0.586 e. The van der Waals surface area contributed by atoms with Gasteiger partial charge in [0.15, 0.2) is 11.5 Å². The summed E-state index contributed by atoms with van der Waals surface area (Å²) in [7, 11) is 3.42. The summed E-state index contributed by atoms with van der Waals surface area (Å²) >= 11 is 0. The van der Waals surface area contributed by atoms with Gasteiger partial charge in [0, 0.05) is 31.3 Å². The van der Waals surface area contributed by atoms with Gasteiger partial charge in [0.25, 0.3) is 0 Å². The quantitative estimate of drug-likeness (QED) is 0.393. The summed E-state index contributed by atoms with van der Waals surface area (Å²) in [6, 6.07) is 8.52. The summed E-state index contributed by atoms with van der Waals surface area (Å²) in [4.78, 5) is 15.2. The fraction of sp³-hybridized carbons (Fsp3) is 0.308. The first-order valence-corrected chi connectivity index (χ1v) is 11.7. The normalized spacial score (nSPS) is 19.5. The number of pyridine rings is 1. The van der Waals surface area contributed by atoms with E-state index >= 15 is 0 Å². The van der Waals surface area contributed by atoms with E-state index < -0.39 is 6.29 Å². The van der Waals surface area contributed by atoms with E-state index in [1.54, 1.807) is 37.7 Å². The number of ether oxygens (including phenoxy) is 3. The lowest BCUT2D eigenvalue weighted by atomic mass is 9.88. The van der Waals surface area contributed by atoms with Crippen molar-refractivity contribution in [3.05, 3.63) is 65.9 Å². The van der Waals surface area contributed by atoms with Crippen LogP contribution in [0, 0.1) is 12.3 Å². The Hall–Kier alpha value is -4.28. The van der Waals surface area contributed by atoms with E-state index in [1.165, 1.54) is 6.07 Å². The molecule has 0 aliphatic carbocycles. The second-order valence-corrected chi connectivity index (χ2v) is 8.83. The summed E-state index contributed by atoms with van der Waals surface area (Å²) in [5, 5.41) is 8.46. The summed E-state index contributed by atoms with van der Waals surface area (Å²) in [5.41, 5.74) is 2.77. The summed E-state index contributed by atoms with van der Waals surface area (Å²) in [5.74, 6) is 0.715. The molecule has 0 saturated carbocycles. The molecule has 11 heteroatoms. The molecular weight excluding hydrogens is 482 g/mol. The number of amidine groups is 2. The number of methoxy groups -OCH3 is 1. The van der Waals surface area contributed by atoms with E-state index in [9.17, 15) is 8.78 Å². The monoisotopic (exact) mass is 508 g/mol. The number of aromatic nitrogens is 3. The van der Waals surface area contributed by atoms with E-state index in [2.05, 4.69) is 19.7 Å². The zero-order valence-corrected chi connectivity index (χ0v) is 20.6. The van der Waals surface area contributed by atoms with Crippen molar-refractivity contribution in [2.45, 2.75) is 32.0 Å². The summed E-state index contributed by atoms with van der Waals surface area (Å²) < 4.78 is 44.2. The van der Waals surface area contributed by atoms with Gasteiger partial charge in [0.05, 0.1) is 24.8 Å². The van der Waals surface area contributed by atoms with Crippen LogP contribution in [0.3, 0.4) is 0 Å². The molecule has 0 amide bonds. The lowest BCUT2D eigenvalue weighted by Gasteiger charge is -2.33. The van der Waals surface area contributed by atoms with Gasteiger partial charge in [0.1, 0.15) is 17.4 Å². The summed E-state index contributed by atoms with van der Waals surface area (Å²) in [6.45, 7) is 2.64. The molecule has 0 unspecified atom stereocenters. The highest BCUT2D eigenvalue weighted by Crippen LogP contribution is 2.47. The number of fused-ring (bicyclic) bond motifs is 1. The Kier molecular flexibility index (Phi) is 6.36. The van der Waals surface area contributed by atoms with E-state index in [0.29, 0.717) is 29.4 Å². The number of nitrogens with zero attached hydrogens (tertiary/aromatic N) is 5. The number of hydrogen-bond donors (Lipinski definition) is 1. The highest BCUT2D eigenvalue weighted by molar-refractivity contribution is 6.05. The van der Waals surface area contributed by atoms with Gasteiger partial charge in [-0.15, -0.1) is 8.78 Å². The number of aliphatic imine (C=N–C) groups is 1. The van der Waals surface area contributed by atoms with Crippen molar-refractivity contribution in [2.75, 3.05) is 20.7 Å². The van der Waals surface area contributed by atoms with Gasteiger partial charge in [-0.1, -0.05) is 12.1 Å². The molecule has 0 radical (unpaired) electrons. The highest BCUT2D eigenvalue weighted by atomic mass is 19.3. The smallest absolute Gasteiger partial charge is 0.479 e. The number of alkyl halides is 2. The average molecular weight is 509 g/mol. The molecule has 0 bridgehead atoms. The maximum absolute atomic E-state index is 13.8. The Balaban J connectivity index is 1.39. The van der Waals surface area contributed by atoms with Gasteiger partial charge in [-0.25, -0.2) is 15.0 Å². The SMILES string of the molecule is COc1nc(/C=C/C(=N)/N=C2/[C@@H](c3cccc4c3OC(F)(F)O4)CCCN2C)ccc1-n1cnc(C)c1. The highest BCUT2D eigenvalue weighted by Gasteiger charge is 2.45. The van der Waals surface area contributed by atoms with Crippen LogP contribution in [0.15, 0.2) is 53.9 Å². The number of para-hydroxylation sites is 1. The fourth-order valence-corrected chi connectivity index (χ4v) is 4.53. The number of halogens is 2.